The largest absolute Gasteiger partial charge is 0.348 e. The molecule has 0 spiro atoms. The van der Waals surface area contributed by atoms with E-state index in [1.807, 2.05) is 24.3 Å². The number of nitrogens with one attached hydrogen (secondary N) is 1. The molecule has 4 rings (SSSR count). The first-order valence-electron chi connectivity index (χ1n) is 8.98. The van der Waals surface area contributed by atoms with Gasteiger partial charge in [-0.05, 0) is 36.5 Å². The Labute approximate surface area is 160 Å². The van der Waals surface area contributed by atoms with E-state index in [1.54, 1.807) is 0 Å². The summed E-state index contributed by atoms with van der Waals surface area (Å²) in [5.41, 5.74) is 1.48. The number of rotatable bonds is 4. The lowest BCUT2D eigenvalue weighted by molar-refractivity contribution is -0.385. The van der Waals surface area contributed by atoms with Crippen LogP contribution >= 0.6 is 0 Å². The minimum atomic E-state index is -0.813. The maximum absolute atomic E-state index is 12.6. The number of fused-ring (bicyclic) bond motifs is 2. The summed E-state index contributed by atoms with van der Waals surface area (Å²) >= 11 is 0. The quantitative estimate of drug-likeness (QED) is 0.498. The summed E-state index contributed by atoms with van der Waals surface area (Å²) in [6.45, 7) is -0.470. The van der Waals surface area contributed by atoms with Crippen molar-refractivity contribution in [2.75, 3.05) is 6.54 Å². The Morgan fingerprint density at radius 3 is 2.71 bits per heavy atom. The fraction of sp³-hybridized carbons (Fsp3) is 0.250. The van der Waals surface area contributed by atoms with Gasteiger partial charge in [-0.3, -0.25) is 29.4 Å². The minimum absolute atomic E-state index is 0.0463. The summed E-state index contributed by atoms with van der Waals surface area (Å²) in [5.74, 6) is -1.98. The zero-order valence-electron chi connectivity index (χ0n) is 14.9. The van der Waals surface area contributed by atoms with Crippen LogP contribution in [0.1, 0.15) is 50.7 Å². The number of benzene rings is 2. The van der Waals surface area contributed by atoms with Crippen molar-refractivity contribution < 1.29 is 19.3 Å². The number of nitro benzene ring substituents is 1. The number of aryl methyl sites for hydroxylation is 1. The minimum Gasteiger partial charge on any atom is -0.348 e. The molecule has 2 aliphatic rings. The second-order valence-corrected chi connectivity index (χ2v) is 6.86. The summed E-state index contributed by atoms with van der Waals surface area (Å²) in [6.07, 6.45) is 2.65. The van der Waals surface area contributed by atoms with E-state index >= 15 is 0 Å². The van der Waals surface area contributed by atoms with Gasteiger partial charge in [-0.25, -0.2) is 0 Å². The van der Waals surface area contributed by atoms with Crippen LogP contribution in [0.4, 0.5) is 5.69 Å². The standard InChI is InChI=1S/C20H17N3O5/c24-17(21-15-9-3-6-12-5-1-2-7-13(12)15)11-22-19(25)14-8-4-10-16(23(27)28)18(14)20(22)26/h1-2,4-5,7-8,10,15H,3,6,9,11H2,(H,21,24). The number of hydrogen-bond donors (Lipinski definition) is 1. The SMILES string of the molecule is O=C(CN1C(=O)c2cccc([N+](=O)[O-])c2C1=O)NC1CCCc2ccccc21. The van der Waals surface area contributed by atoms with Crippen LogP contribution in [0.3, 0.4) is 0 Å². The van der Waals surface area contributed by atoms with E-state index in [2.05, 4.69) is 5.32 Å². The lowest BCUT2D eigenvalue weighted by Gasteiger charge is -2.27. The fourth-order valence-corrected chi connectivity index (χ4v) is 3.90. The average Bonchev–Trinajstić information content (AvgIpc) is 2.93. The zero-order valence-corrected chi connectivity index (χ0v) is 14.9. The van der Waals surface area contributed by atoms with E-state index in [9.17, 15) is 24.5 Å². The third-order valence-corrected chi connectivity index (χ3v) is 5.18. The highest BCUT2D eigenvalue weighted by molar-refractivity contribution is 6.24. The molecular formula is C20H17N3O5. The normalized spacial score (nSPS) is 17.9. The summed E-state index contributed by atoms with van der Waals surface area (Å²) in [5, 5.41) is 14.1. The maximum atomic E-state index is 12.6. The van der Waals surface area contributed by atoms with Gasteiger partial charge in [0, 0.05) is 6.07 Å². The second kappa shape index (κ2) is 6.88. The zero-order chi connectivity index (χ0) is 19.8. The van der Waals surface area contributed by atoms with Crippen LogP contribution in [-0.4, -0.2) is 34.1 Å². The molecule has 0 fully saturated rings. The molecule has 0 saturated heterocycles. The molecule has 1 heterocycles. The highest BCUT2D eigenvalue weighted by atomic mass is 16.6. The van der Waals surface area contributed by atoms with Crippen LogP contribution in [0.2, 0.25) is 0 Å². The summed E-state index contributed by atoms with van der Waals surface area (Å²) in [4.78, 5) is 48.9. The summed E-state index contributed by atoms with van der Waals surface area (Å²) in [6, 6.07) is 11.6. The van der Waals surface area contributed by atoms with Crippen LogP contribution in [-0.2, 0) is 11.2 Å². The number of amides is 3. The number of carbonyl (C=O) groups excluding carboxylic acids is 3. The number of nitrogens with zero attached hydrogens (tertiary/aromatic N) is 2. The highest BCUT2D eigenvalue weighted by Crippen LogP contribution is 2.31. The molecule has 2 aromatic rings. The van der Waals surface area contributed by atoms with Crippen molar-refractivity contribution in [1.82, 2.24) is 10.2 Å². The molecular weight excluding hydrogens is 362 g/mol. The van der Waals surface area contributed by atoms with E-state index in [0.29, 0.717) is 0 Å². The summed E-state index contributed by atoms with van der Waals surface area (Å²) in [7, 11) is 0. The molecule has 1 unspecified atom stereocenters. The third-order valence-electron chi connectivity index (χ3n) is 5.18. The Hall–Kier alpha value is -3.55. The number of carbonyl (C=O) groups is 3. The van der Waals surface area contributed by atoms with Crippen molar-refractivity contribution in [3.63, 3.8) is 0 Å². The van der Waals surface area contributed by atoms with Crippen LogP contribution in [0, 0.1) is 10.1 Å². The molecule has 0 radical (unpaired) electrons. The number of hydrogen-bond acceptors (Lipinski definition) is 5. The molecule has 1 N–H and O–H groups in total. The van der Waals surface area contributed by atoms with Gasteiger partial charge in [0.2, 0.25) is 5.91 Å². The Bertz CT molecular complexity index is 1020. The lowest BCUT2D eigenvalue weighted by Crippen LogP contribution is -2.42. The van der Waals surface area contributed by atoms with Crippen molar-refractivity contribution in [2.45, 2.75) is 25.3 Å². The van der Waals surface area contributed by atoms with Gasteiger partial charge in [-0.15, -0.1) is 0 Å². The molecule has 142 valence electrons. The van der Waals surface area contributed by atoms with Gasteiger partial charge in [0.15, 0.2) is 0 Å². The first-order valence-corrected chi connectivity index (χ1v) is 8.98. The average molecular weight is 379 g/mol. The van der Waals surface area contributed by atoms with Gasteiger partial charge in [0.05, 0.1) is 16.5 Å². The van der Waals surface area contributed by atoms with Crippen molar-refractivity contribution in [3.8, 4) is 0 Å². The molecule has 8 nitrogen and oxygen atoms in total. The van der Waals surface area contributed by atoms with E-state index in [-0.39, 0.29) is 17.2 Å². The Morgan fingerprint density at radius 2 is 1.93 bits per heavy atom. The Morgan fingerprint density at radius 1 is 1.14 bits per heavy atom. The molecule has 8 heteroatoms. The third kappa shape index (κ3) is 2.92. The molecule has 1 aliphatic heterocycles. The Balaban J connectivity index is 1.52. The first-order chi connectivity index (χ1) is 13.5. The van der Waals surface area contributed by atoms with Crippen LogP contribution in [0.5, 0.6) is 0 Å². The molecule has 1 aliphatic carbocycles. The molecule has 0 aromatic heterocycles. The molecule has 0 saturated carbocycles. The molecule has 3 amide bonds. The molecule has 1 atom stereocenters. The van der Waals surface area contributed by atoms with Crippen molar-refractivity contribution >= 4 is 23.4 Å². The van der Waals surface area contributed by atoms with Crippen LogP contribution in [0.25, 0.3) is 0 Å². The first kappa shape index (κ1) is 17.8. The predicted molar refractivity (Wildman–Crippen MR) is 98.7 cm³/mol. The molecule has 0 bridgehead atoms. The van der Waals surface area contributed by atoms with E-state index < -0.39 is 34.9 Å². The van der Waals surface area contributed by atoms with Crippen molar-refractivity contribution in [1.29, 1.82) is 0 Å². The van der Waals surface area contributed by atoms with Gasteiger partial charge in [0.25, 0.3) is 17.5 Å². The van der Waals surface area contributed by atoms with Crippen LogP contribution in [0.15, 0.2) is 42.5 Å². The van der Waals surface area contributed by atoms with Crippen LogP contribution < -0.4 is 5.32 Å². The second-order valence-electron chi connectivity index (χ2n) is 6.86. The van der Waals surface area contributed by atoms with E-state index in [4.69, 9.17) is 0 Å². The molecule has 28 heavy (non-hydrogen) atoms. The number of nitro groups is 1. The van der Waals surface area contributed by atoms with E-state index in [0.717, 1.165) is 29.7 Å². The molecule has 2 aromatic carbocycles. The fourth-order valence-electron chi connectivity index (χ4n) is 3.90. The predicted octanol–water partition coefficient (Wildman–Crippen LogP) is 2.38. The van der Waals surface area contributed by atoms with Gasteiger partial charge in [-0.2, -0.15) is 0 Å². The topological polar surface area (TPSA) is 110 Å². The lowest BCUT2D eigenvalue weighted by atomic mass is 9.88. The monoisotopic (exact) mass is 379 g/mol. The summed E-state index contributed by atoms with van der Waals surface area (Å²) < 4.78 is 0. The van der Waals surface area contributed by atoms with Crippen molar-refractivity contribution in [3.05, 3.63) is 74.8 Å². The Kier molecular flexibility index (Phi) is 4.38. The maximum Gasteiger partial charge on any atom is 0.282 e. The van der Waals surface area contributed by atoms with Gasteiger partial charge < -0.3 is 5.32 Å². The smallest absolute Gasteiger partial charge is 0.282 e. The van der Waals surface area contributed by atoms with E-state index in [1.165, 1.54) is 23.8 Å². The highest BCUT2D eigenvalue weighted by Gasteiger charge is 2.41. The van der Waals surface area contributed by atoms with Crippen molar-refractivity contribution in [2.24, 2.45) is 0 Å². The van der Waals surface area contributed by atoms with Gasteiger partial charge in [0.1, 0.15) is 12.1 Å². The van der Waals surface area contributed by atoms with Gasteiger partial charge in [-0.1, -0.05) is 30.3 Å². The number of imide groups is 1. The van der Waals surface area contributed by atoms with Gasteiger partial charge >= 0.3 is 0 Å².